The molecule has 1 atom stereocenters. The van der Waals surface area contributed by atoms with Gasteiger partial charge in [-0.1, -0.05) is 42.0 Å². The van der Waals surface area contributed by atoms with Gasteiger partial charge in [-0.15, -0.1) is 0 Å². The topological polar surface area (TPSA) is 101 Å². The predicted octanol–water partition coefficient (Wildman–Crippen LogP) is 3.78. The van der Waals surface area contributed by atoms with E-state index in [9.17, 15) is 21.6 Å². The van der Waals surface area contributed by atoms with E-state index in [-0.39, 0.29) is 9.79 Å². The van der Waals surface area contributed by atoms with Crippen molar-refractivity contribution in [2.24, 2.45) is 0 Å². The summed E-state index contributed by atoms with van der Waals surface area (Å²) < 4.78 is 51.4. The second kappa shape index (κ2) is 9.99. The summed E-state index contributed by atoms with van der Waals surface area (Å²) >= 11 is 0. The molecule has 34 heavy (non-hydrogen) atoms. The summed E-state index contributed by atoms with van der Waals surface area (Å²) in [7, 11) is -7.32. The van der Waals surface area contributed by atoms with E-state index in [2.05, 4.69) is 5.32 Å². The highest BCUT2D eigenvalue weighted by molar-refractivity contribution is 7.93. The quantitative estimate of drug-likeness (QED) is 0.507. The van der Waals surface area contributed by atoms with Gasteiger partial charge in [0.25, 0.3) is 10.0 Å². The number of carbonyl (C=O) groups excluding carboxylic acids is 1. The molecule has 9 heteroatoms. The zero-order chi connectivity index (χ0) is 25.1. The number of nitrogens with zero attached hydrogens (tertiary/aromatic N) is 1. The van der Waals surface area contributed by atoms with Crippen LogP contribution in [0.1, 0.15) is 29.7 Å². The molecule has 7 nitrogen and oxygen atoms in total. The average molecular weight is 501 g/mol. The van der Waals surface area contributed by atoms with Crippen LogP contribution in [-0.4, -0.2) is 35.5 Å². The molecule has 180 valence electrons. The zero-order valence-corrected chi connectivity index (χ0v) is 21.2. The third-order valence-electron chi connectivity index (χ3n) is 5.37. The molecule has 0 saturated carbocycles. The summed E-state index contributed by atoms with van der Waals surface area (Å²) in [5.74, 6) is -0.489. The predicted molar refractivity (Wildman–Crippen MR) is 133 cm³/mol. The second-order valence-corrected chi connectivity index (χ2v) is 12.2. The highest BCUT2D eigenvalue weighted by atomic mass is 32.2. The minimum absolute atomic E-state index is 0.0943. The first kappa shape index (κ1) is 25.5. The van der Waals surface area contributed by atoms with Gasteiger partial charge in [-0.2, -0.15) is 0 Å². The molecular formula is C25H28N2O5S2. The SMILES string of the molecule is Cc1ccc(S(=O)(=O)N(CC(=O)N[C@@H](C)c2ccc(S(C)(=O)=O)cc2)c2cccc(C)c2)cc1. The fourth-order valence-electron chi connectivity index (χ4n) is 3.44. The van der Waals surface area contributed by atoms with Gasteiger partial charge in [0.2, 0.25) is 5.91 Å². The van der Waals surface area contributed by atoms with Crippen molar-refractivity contribution in [1.82, 2.24) is 5.32 Å². The van der Waals surface area contributed by atoms with Gasteiger partial charge in [0.1, 0.15) is 6.54 Å². The molecule has 3 rings (SSSR count). The van der Waals surface area contributed by atoms with Crippen LogP contribution in [0.25, 0.3) is 0 Å². The standard InChI is InChI=1S/C25H28N2O5S2/c1-18-8-12-24(13-9-18)34(31,32)27(22-7-5-6-19(2)16-22)17-25(28)26-20(3)21-10-14-23(15-11-21)33(4,29)30/h5-16,20H,17H2,1-4H3,(H,26,28)/t20-/m0/s1. The van der Waals surface area contributed by atoms with Crippen molar-refractivity contribution in [1.29, 1.82) is 0 Å². The first-order valence-corrected chi connectivity index (χ1v) is 14.0. The van der Waals surface area contributed by atoms with Crippen molar-refractivity contribution < 1.29 is 21.6 Å². The van der Waals surface area contributed by atoms with E-state index in [0.29, 0.717) is 11.3 Å². The molecule has 3 aromatic carbocycles. The van der Waals surface area contributed by atoms with Crippen LogP contribution in [0, 0.1) is 13.8 Å². The van der Waals surface area contributed by atoms with Gasteiger partial charge in [0.05, 0.1) is 21.5 Å². The normalized spacial score (nSPS) is 12.7. The summed E-state index contributed by atoms with van der Waals surface area (Å²) in [4.78, 5) is 13.2. The van der Waals surface area contributed by atoms with Crippen LogP contribution < -0.4 is 9.62 Å². The number of nitrogens with one attached hydrogen (secondary N) is 1. The van der Waals surface area contributed by atoms with Crippen molar-refractivity contribution in [3.8, 4) is 0 Å². The number of rotatable bonds is 8. The number of aryl methyl sites for hydroxylation is 2. The number of sulfone groups is 1. The fraction of sp³-hybridized carbons (Fsp3) is 0.240. The lowest BCUT2D eigenvalue weighted by Crippen LogP contribution is -2.41. The maximum absolute atomic E-state index is 13.5. The van der Waals surface area contributed by atoms with E-state index < -0.39 is 38.4 Å². The van der Waals surface area contributed by atoms with Crippen molar-refractivity contribution in [2.75, 3.05) is 17.1 Å². The molecule has 0 radical (unpaired) electrons. The first-order chi connectivity index (χ1) is 15.9. The van der Waals surface area contributed by atoms with Gasteiger partial charge in [-0.3, -0.25) is 9.10 Å². The molecule has 0 aromatic heterocycles. The van der Waals surface area contributed by atoms with Crippen LogP contribution in [0.4, 0.5) is 5.69 Å². The third-order valence-corrected chi connectivity index (χ3v) is 8.29. The highest BCUT2D eigenvalue weighted by Crippen LogP contribution is 2.25. The van der Waals surface area contributed by atoms with Gasteiger partial charge < -0.3 is 5.32 Å². The van der Waals surface area contributed by atoms with E-state index in [0.717, 1.165) is 21.7 Å². The molecule has 1 amide bonds. The van der Waals surface area contributed by atoms with Gasteiger partial charge in [-0.05, 0) is 68.3 Å². The smallest absolute Gasteiger partial charge is 0.264 e. The number of anilines is 1. The Bertz CT molecular complexity index is 1380. The molecule has 0 spiro atoms. The van der Waals surface area contributed by atoms with Crippen LogP contribution in [0.15, 0.2) is 82.6 Å². The van der Waals surface area contributed by atoms with Crippen molar-refractivity contribution in [3.05, 3.63) is 89.5 Å². The zero-order valence-electron chi connectivity index (χ0n) is 19.5. The summed E-state index contributed by atoms with van der Waals surface area (Å²) in [5.41, 5.74) is 2.88. The Hall–Kier alpha value is -3.17. The lowest BCUT2D eigenvalue weighted by atomic mass is 10.1. The number of hydrogen-bond donors (Lipinski definition) is 1. The largest absolute Gasteiger partial charge is 0.348 e. The van der Waals surface area contributed by atoms with Crippen LogP contribution in [0.5, 0.6) is 0 Å². The Morgan fingerprint density at radius 3 is 2.00 bits per heavy atom. The molecule has 0 saturated heterocycles. The summed E-state index contributed by atoms with van der Waals surface area (Å²) in [6, 6.07) is 19.2. The molecule has 0 heterocycles. The van der Waals surface area contributed by atoms with Crippen LogP contribution in [0.3, 0.4) is 0 Å². The Morgan fingerprint density at radius 1 is 0.853 bits per heavy atom. The van der Waals surface area contributed by atoms with Crippen LogP contribution in [0.2, 0.25) is 0 Å². The molecule has 0 aliphatic heterocycles. The molecule has 0 aliphatic carbocycles. The maximum atomic E-state index is 13.5. The molecule has 0 bridgehead atoms. The van der Waals surface area contributed by atoms with E-state index >= 15 is 0 Å². The van der Waals surface area contributed by atoms with Crippen molar-refractivity contribution in [2.45, 2.75) is 36.6 Å². The second-order valence-electron chi connectivity index (χ2n) is 8.29. The lowest BCUT2D eigenvalue weighted by Gasteiger charge is -2.25. The highest BCUT2D eigenvalue weighted by Gasteiger charge is 2.28. The van der Waals surface area contributed by atoms with Gasteiger partial charge in [-0.25, -0.2) is 16.8 Å². The van der Waals surface area contributed by atoms with Crippen molar-refractivity contribution in [3.63, 3.8) is 0 Å². The van der Waals surface area contributed by atoms with Gasteiger partial charge in [0.15, 0.2) is 9.84 Å². The van der Waals surface area contributed by atoms with E-state index in [4.69, 9.17) is 0 Å². The Kier molecular flexibility index (Phi) is 7.48. The number of hydrogen-bond acceptors (Lipinski definition) is 5. The van der Waals surface area contributed by atoms with E-state index in [1.807, 2.05) is 19.9 Å². The molecule has 3 aromatic rings. The maximum Gasteiger partial charge on any atom is 0.264 e. The van der Waals surface area contributed by atoms with Crippen LogP contribution >= 0.6 is 0 Å². The molecule has 0 fully saturated rings. The molecule has 0 unspecified atom stereocenters. The first-order valence-electron chi connectivity index (χ1n) is 10.6. The molecule has 1 N–H and O–H groups in total. The average Bonchev–Trinajstić information content (AvgIpc) is 2.77. The Labute approximate surface area is 201 Å². The van der Waals surface area contributed by atoms with Crippen LogP contribution in [-0.2, 0) is 24.7 Å². The fourth-order valence-corrected chi connectivity index (χ4v) is 5.48. The number of amides is 1. The third kappa shape index (κ3) is 6.03. The van der Waals surface area contributed by atoms with Gasteiger partial charge >= 0.3 is 0 Å². The number of benzene rings is 3. The lowest BCUT2D eigenvalue weighted by molar-refractivity contribution is -0.120. The number of sulfonamides is 1. The van der Waals surface area contributed by atoms with Gasteiger partial charge in [0, 0.05) is 6.26 Å². The molecule has 0 aliphatic rings. The summed E-state index contributed by atoms with van der Waals surface area (Å²) in [6.07, 6.45) is 1.13. The van der Waals surface area contributed by atoms with Crippen molar-refractivity contribution >= 4 is 31.5 Å². The minimum Gasteiger partial charge on any atom is -0.348 e. The number of carbonyl (C=O) groups is 1. The Morgan fingerprint density at radius 2 is 1.44 bits per heavy atom. The van der Waals surface area contributed by atoms with E-state index in [1.165, 1.54) is 24.3 Å². The molecular weight excluding hydrogens is 472 g/mol. The van der Waals surface area contributed by atoms with E-state index in [1.54, 1.807) is 49.4 Å². The minimum atomic E-state index is -4.00. The monoisotopic (exact) mass is 500 g/mol. The summed E-state index contributed by atoms with van der Waals surface area (Å²) in [5, 5.41) is 2.81. The Balaban J connectivity index is 1.86. The summed E-state index contributed by atoms with van der Waals surface area (Å²) in [6.45, 7) is 5.05.